The molecule has 1 spiro atoms. The third-order valence-corrected chi connectivity index (χ3v) is 7.56. The molecule has 0 bridgehead atoms. The fourth-order valence-electron chi connectivity index (χ4n) is 5.41. The summed E-state index contributed by atoms with van der Waals surface area (Å²) in [4.78, 5) is 9.79. The van der Waals surface area contributed by atoms with Crippen molar-refractivity contribution >= 4 is 10.8 Å². The zero-order valence-electron chi connectivity index (χ0n) is 16.7. The lowest BCUT2D eigenvalue weighted by Crippen LogP contribution is -2.37. The SMILES string of the molecule is CN(CC1CC12CCN(CCCc1cncc3ccccc13)CC2)C1CC1. The lowest BCUT2D eigenvalue weighted by molar-refractivity contribution is 0.153. The minimum absolute atomic E-state index is 0.721. The van der Waals surface area contributed by atoms with Gasteiger partial charge in [-0.05, 0) is 93.9 Å². The average molecular weight is 364 g/mol. The molecule has 2 heterocycles. The van der Waals surface area contributed by atoms with Crippen molar-refractivity contribution < 1.29 is 0 Å². The summed E-state index contributed by atoms with van der Waals surface area (Å²) in [5, 5.41) is 2.65. The van der Waals surface area contributed by atoms with E-state index in [9.17, 15) is 0 Å². The molecule has 27 heavy (non-hydrogen) atoms. The van der Waals surface area contributed by atoms with Gasteiger partial charge in [0.2, 0.25) is 0 Å². The first kappa shape index (κ1) is 17.6. The Morgan fingerprint density at radius 2 is 1.96 bits per heavy atom. The fraction of sp³-hybridized carbons (Fsp3) is 0.625. The zero-order chi connectivity index (χ0) is 18.3. The topological polar surface area (TPSA) is 19.4 Å². The average Bonchev–Trinajstić information content (AvgIpc) is 3.61. The van der Waals surface area contributed by atoms with E-state index in [4.69, 9.17) is 0 Å². The molecule has 0 radical (unpaired) electrons. The van der Waals surface area contributed by atoms with E-state index in [0.29, 0.717) is 0 Å². The highest BCUT2D eigenvalue weighted by molar-refractivity contribution is 5.84. The molecular formula is C24H33N3. The summed E-state index contributed by atoms with van der Waals surface area (Å²) in [5.74, 6) is 0.993. The largest absolute Gasteiger partial charge is 0.303 e. The van der Waals surface area contributed by atoms with Crippen LogP contribution in [-0.4, -0.2) is 54.1 Å². The lowest BCUT2D eigenvalue weighted by Gasteiger charge is -2.33. The van der Waals surface area contributed by atoms with E-state index in [1.807, 2.05) is 6.20 Å². The quantitative estimate of drug-likeness (QED) is 0.728. The summed E-state index contributed by atoms with van der Waals surface area (Å²) >= 11 is 0. The van der Waals surface area contributed by atoms with Crippen LogP contribution in [0.2, 0.25) is 0 Å². The second-order valence-corrected chi connectivity index (χ2v) is 9.40. The Kier molecular flexibility index (Phi) is 4.69. The standard InChI is InChI=1S/C24H33N3/c1-26(22-8-9-22)18-21-15-24(21)10-13-27(14-11-24)12-4-6-20-17-25-16-19-5-2-3-7-23(19)20/h2-3,5,7,16-17,21-22H,4,6,8-15,18H2,1H3. The molecule has 1 saturated heterocycles. The van der Waals surface area contributed by atoms with Gasteiger partial charge in [-0.2, -0.15) is 0 Å². The number of aryl methyl sites for hydroxylation is 1. The Labute approximate surface area is 163 Å². The van der Waals surface area contributed by atoms with Crippen molar-refractivity contribution in [3.8, 4) is 0 Å². The molecule has 3 fully saturated rings. The molecule has 0 N–H and O–H groups in total. The van der Waals surface area contributed by atoms with Crippen molar-refractivity contribution in [2.24, 2.45) is 11.3 Å². The van der Waals surface area contributed by atoms with Gasteiger partial charge >= 0.3 is 0 Å². The van der Waals surface area contributed by atoms with Crippen molar-refractivity contribution in [1.29, 1.82) is 0 Å². The first-order valence-electron chi connectivity index (χ1n) is 11.0. The first-order valence-corrected chi connectivity index (χ1v) is 11.0. The molecule has 1 unspecified atom stereocenters. The predicted octanol–water partition coefficient (Wildman–Crippen LogP) is 4.36. The summed E-state index contributed by atoms with van der Waals surface area (Å²) in [7, 11) is 2.35. The molecule has 3 aliphatic rings. The van der Waals surface area contributed by atoms with Gasteiger partial charge in [0.1, 0.15) is 0 Å². The number of piperidine rings is 1. The van der Waals surface area contributed by atoms with E-state index in [1.54, 1.807) is 0 Å². The maximum Gasteiger partial charge on any atom is 0.0346 e. The van der Waals surface area contributed by atoms with Crippen LogP contribution < -0.4 is 0 Å². The smallest absolute Gasteiger partial charge is 0.0346 e. The highest BCUT2D eigenvalue weighted by Crippen LogP contribution is 2.59. The number of fused-ring (bicyclic) bond motifs is 1. The third kappa shape index (κ3) is 3.77. The van der Waals surface area contributed by atoms with Crippen LogP contribution in [0, 0.1) is 11.3 Å². The van der Waals surface area contributed by atoms with Crippen molar-refractivity contribution in [3.05, 3.63) is 42.2 Å². The molecule has 1 aromatic heterocycles. The van der Waals surface area contributed by atoms with Gasteiger partial charge < -0.3 is 9.80 Å². The number of hydrogen-bond donors (Lipinski definition) is 0. The van der Waals surface area contributed by atoms with Gasteiger partial charge in [0.25, 0.3) is 0 Å². The molecule has 3 heteroatoms. The molecule has 2 saturated carbocycles. The second kappa shape index (κ2) is 7.18. The van der Waals surface area contributed by atoms with Crippen molar-refractivity contribution in [2.45, 2.75) is 51.0 Å². The van der Waals surface area contributed by atoms with Gasteiger partial charge in [0.05, 0.1) is 0 Å². The normalized spacial score (nSPS) is 24.7. The van der Waals surface area contributed by atoms with Gasteiger partial charge in [-0.15, -0.1) is 0 Å². The molecule has 144 valence electrons. The minimum Gasteiger partial charge on any atom is -0.303 e. The van der Waals surface area contributed by atoms with Crippen molar-refractivity contribution in [2.75, 3.05) is 33.2 Å². The highest BCUT2D eigenvalue weighted by Gasteiger charge is 2.55. The zero-order valence-corrected chi connectivity index (χ0v) is 16.7. The number of likely N-dealkylation sites (tertiary alicyclic amines) is 1. The number of aromatic nitrogens is 1. The molecule has 1 aliphatic heterocycles. The van der Waals surface area contributed by atoms with Crippen molar-refractivity contribution in [1.82, 2.24) is 14.8 Å². The molecule has 0 amide bonds. The van der Waals surface area contributed by atoms with Crippen molar-refractivity contribution in [3.63, 3.8) is 0 Å². The van der Waals surface area contributed by atoms with E-state index in [1.165, 1.54) is 81.0 Å². The number of pyridine rings is 1. The number of benzene rings is 1. The monoisotopic (exact) mass is 363 g/mol. The summed E-state index contributed by atoms with van der Waals surface area (Å²) in [6, 6.07) is 9.57. The molecular weight excluding hydrogens is 330 g/mol. The predicted molar refractivity (Wildman–Crippen MR) is 112 cm³/mol. The van der Waals surface area contributed by atoms with Crippen LogP contribution in [0.4, 0.5) is 0 Å². The van der Waals surface area contributed by atoms with Gasteiger partial charge in [-0.3, -0.25) is 4.98 Å². The Hall–Kier alpha value is -1.45. The van der Waals surface area contributed by atoms with E-state index in [2.05, 4.69) is 52.3 Å². The van der Waals surface area contributed by atoms with Crippen LogP contribution in [0.25, 0.3) is 10.8 Å². The Bertz CT molecular complexity index is 784. The summed E-state index contributed by atoms with van der Waals surface area (Å²) in [6.45, 7) is 5.24. The highest BCUT2D eigenvalue weighted by atomic mass is 15.2. The van der Waals surface area contributed by atoms with Crippen LogP contribution in [0.15, 0.2) is 36.7 Å². The van der Waals surface area contributed by atoms with Crippen LogP contribution in [-0.2, 0) is 6.42 Å². The van der Waals surface area contributed by atoms with E-state index in [-0.39, 0.29) is 0 Å². The minimum atomic E-state index is 0.721. The Morgan fingerprint density at radius 3 is 2.78 bits per heavy atom. The molecule has 1 atom stereocenters. The molecule has 2 aromatic rings. The lowest BCUT2D eigenvalue weighted by atomic mass is 9.90. The molecule has 3 nitrogen and oxygen atoms in total. The van der Waals surface area contributed by atoms with Crippen LogP contribution in [0.1, 0.15) is 44.1 Å². The number of hydrogen-bond acceptors (Lipinski definition) is 3. The Morgan fingerprint density at radius 1 is 1.15 bits per heavy atom. The van der Waals surface area contributed by atoms with Crippen LogP contribution >= 0.6 is 0 Å². The Balaban J connectivity index is 1.08. The van der Waals surface area contributed by atoms with Crippen LogP contribution in [0.3, 0.4) is 0 Å². The first-order chi connectivity index (χ1) is 13.2. The van der Waals surface area contributed by atoms with Crippen LogP contribution in [0.5, 0.6) is 0 Å². The summed E-state index contributed by atoms with van der Waals surface area (Å²) in [6.07, 6.45) is 13.7. The summed E-state index contributed by atoms with van der Waals surface area (Å²) in [5.41, 5.74) is 2.13. The van der Waals surface area contributed by atoms with Gasteiger partial charge in [0, 0.05) is 30.4 Å². The maximum absolute atomic E-state index is 4.44. The second-order valence-electron chi connectivity index (χ2n) is 9.40. The number of nitrogens with zero attached hydrogens (tertiary/aromatic N) is 3. The fourth-order valence-corrected chi connectivity index (χ4v) is 5.41. The molecule has 5 rings (SSSR count). The van der Waals surface area contributed by atoms with Gasteiger partial charge in [0.15, 0.2) is 0 Å². The van der Waals surface area contributed by atoms with Gasteiger partial charge in [-0.1, -0.05) is 24.3 Å². The maximum atomic E-state index is 4.44. The molecule has 1 aromatic carbocycles. The van der Waals surface area contributed by atoms with E-state index in [0.717, 1.165) is 23.8 Å². The number of rotatable bonds is 7. The van der Waals surface area contributed by atoms with E-state index >= 15 is 0 Å². The third-order valence-electron chi connectivity index (χ3n) is 7.56. The van der Waals surface area contributed by atoms with Gasteiger partial charge in [-0.25, -0.2) is 0 Å². The summed E-state index contributed by atoms with van der Waals surface area (Å²) < 4.78 is 0. The van der Waals surface area contributed by atoms with E-state index < -0.39 is 0 Å². The molecule has 2 aliphatic carbocycles.